The van der Waals surface area contributed by atoms with Crippen LogP contribution >= 0.6 is 0 Å². The minimum absolute atomic E-state index is 0.0151. The first-order chi connectivity index (χ1) is 8.79. The van der Waals surface area contributed by atoms with Crippen LogP contribution < -0.4 is 5.32 Å². The number of esters is 1. The largest absolute Gasteiger partial charge is 0.464 e. The van der Waals surface area contributed by atoms with Gasteiger partial charge in [-0.15, -0.1) is 0 Å². The van der Waals surface area contributed by atoms with Crippen LogP contribution in [0.2, 0.25) is 0 Å². The zero-order valence-electron chi connectivity index (χ0n) is 11.6. The van der Waals surface area contributed by atoms with E-state index >= 15 is 0 Å². The van der Waals surface area contributed by atoms with Crippen molar-refractivity contribution in [2.75, 3.05) is 13.2 Å². The highest BCUT2D eigenvalue weighted by Crippen LogP contribution is 2.24. The van der Waals surface area contributed by atoms with Crippen molar-refractivity contribution in [3.05, 3.63) is 0 Å². The van der Waals surface area contributed by atoms with E-state index in [9.17, 15) is 4.79 Å². The van der Waals surface area contributed by atoms with Crippen molar-refractivity contribution in [3.8, 4) is 0 Å². The lowest BCUT2D eigenvalue weighted by Crippen LogP contribution is -2.44. The van der Waals surface area contributed by atoms with Gasteiger partial charge in [-0.05, 0) is 44.1 Å². The van der Waals surface area contributed by atoms with E-state index in [1.807, 2.05) is 0 Å². The number of carbonyl (C=O) groups is 1. The minimum atomic E-state index is -0.0488. The van der Waals surface area contributed by atoms with Crippen molar-refractivity contribution in [1.82, 2.24) is 5.32 Å². The molecule has 2 aliphatic rings. The fourth-order valence-electron chi connectivity index (χ4n) is 3.20. The van der Waals surface area contributed by atoms with Gasteiger partial charge in [-0.3, -0.25) is 4.79 Å². The monoisotopic (exact) mass is 253 g/mol. The summed E-state index contributed by atoms with van der Waals surface area (Å²) in [6, 6.07) is -0.0488. The Morgan fingerprint density at radius 1 is 1.17 bits per heavy atom. The van der Waals surface area contributed by atoms with E-state index in [1.165, 1.54) is 44.9 Å². The molecular weight excluding hydrogens is 226 g/mol. The third kappa shape index (κ3) is 3.98. The predicted molar refractivity (Wildman–Crippen MR) is 72.3 cm³/mol. The summed E-state index contributed by atoms with van der Waals surface area (Å²) in [6.45, 7) is 3.82. The van der Waals surface area contributed by atoms with Gasteiger partial charge < -0.3 is 10.1 Å². The Bertz CT molecular complexity index is 261. The molecule has 0 aromatic carbocycles. The lowest BCUT2D eigenvalue weighted by atomic mass is 9.89. The van der Waals surface area contributed by atoms with Crippen LogP contribution in [0.15, 0.2) is 0 Å². The first kappa shape index (κ1) is 13.9. The molecule has 0 aromatic rings. The molecule has 0 spiro atoms. The zero-order valence-corrected chi connectivity index (χ0v) is 11.6. The van der Waals surface area contributed by atoms with Gasteiger partial charge in [-0.2, -0.15) is 0 Å². The number of nitrogens with one attached hydrogen (secondary N) is 1. The molecule has 2 unspecified atom stereocenters. The second-order valence-electron chi connectivity index (χ2n) is 5.94. The molecule has 1 aliphatic heterocycles. The summed E-state index contributed by atoms with van der Waals surface area (Å²) < 4.78 is 5.51. The fourth-order valence-corrected chi connectivity index (χ4v) is 3.20. The molecule has 3 nitrogen and oxygen atoms in total. The van der Waals surface area contributed by atoms with E-state index < -0.39 is 0 Å². The molecule has 2 fully saturated rings. The minimum Gasteiger partial charge on any atom is -0.464 e. The van der Waals surface area contributed by atoms with Crippen LogP contribution in [0.5, 0.6) is 0 Å². The molecule has 1 heterocycles. The smallest absolute Gasteiger partial charge is 0.323 e. The number of carbonyl (C=O) groups excluding carboxylic acids is 1. The Kier molecular flexibility index (Phi) is 5.48. The third-order valence-corrected chi connectivity index (χ3v) is 4.56. The van der Waals surface area contributed by atoms with Crippen LogP contribution in [0.3, 0.4) is 0 Å². The van der Waals surface area contributed by atoms with Crippen LogP contribution in [0.4, 0.5) is 0 Å². The third-order valence-electron chi connectivity index (χ3n) is 4.56. The number of hydrogen-bond donors (Lipinski definition) is 1. The summed E-state index contributed by atoms with van der Waals surface area (Å²) in [7, 11) is 0. The summed E-state index contributed by atoms with van der Waals surface area (Å²) in [5.74, 6) is 1.30. The molecule has 2 rings (SSSR count). The summed E-state index contributed by atoms with van der Waals surface area (Å²) in [5, 5.41) is 3.30. The first-order valence-corrected chi connectivity index (χ1v) is 7.69. The quantitative estimate of drug-likeness (QED) is 0.783. The molecule has 3 heteroatoms. The second kappa shape index (κ2) is 7.13. The maximum atomic E-state index is 12.0. The molecule has 0 aromatic heterocycles. The summed E-state index contributed by atoms with van der Waals surface area (Å²) in [6.07, 6.45) is 9.78. The topological polar surface area (TPSA) is 38.3 Å². The highest BCUT2D eigenvalue weighted by Gasteiger charge is 2.27. The van der Waals surface area contributed by atoms with Crippen molar-refractivity contribution >= 4 is 5.97 Å². The molecule has 1 saturated heterocycles. The van der Waals surface area contributed by atoms with Crippen LogP contribution in [-0.4, -0.2) is 25.2 Å². The van der Waals surface area contributed by atoms with Crippen molar-refractivity contribution in [2.45, 2.75) is 64.3 Å². The molecular formula is C15H27NO2. The van der Waals surface area contributed by atoms with Gasteiger partial charge in [0.05, 0.1) is 6.61 Å². The normalized spacial score (nSPS) is 30.1. The van der Waals surface area contributed by atoms with Crippen molar-refractivity contribution < 1.29 is 9.53 Å². The van der Waals surface area contributed by atoms with E-state index in [0.717, 1.165) is 13.0 Å². The van der Waals surface area contributed by atoms with Crippen molar-refractivity contribution in [2.24, 2.45) is 11.8 Å². The van der Waals surface area contributed by atoms with Gasteiger partial charge in [0.1, 0.15) is 6.04 Å². The second-order valence-corrected chi connectivity index (χ2v) is 5.94. The highest BCUT2D eigenvalue weighted by molar-refractivity contribution is 5.75. The molecule has 18 heavy (non-hydrogen) atoms. The Labute approximate surface area is 111 Å². The Morgan fingerprint density at radius 2 is 1.94 bits per heavy atom. The molecule has 0 amide bonds. The fraction of sp³-hybridized carbons (Fsp3) is 0.933. The van der Waals surface area contributed by atoms with Crippen molar-refractivity contribution in [1.29, 1.82) is 0 Å². The van der Waals surface area contributed by atoms with Gasteiger partial charge >= 0.3 is 5.97 Å². The van der Waals surface area contributed by atoms with Gasteiger partial charge in [0.15, 0.2) is 0 Å². The Morgan fingerprint density at radius 3 is 2.67 bits per heavy atom. The lowest BCUT2D eigenvalue weighted by Gasteiger charge is -2.29. The molecule has 1 aliphatic carbocycles. The average Bonchev–Trinajstić information content (AvgIpc) is 2.46. The first-order valence-electron chi connectivity index (χ1n) is 7.69. The lowest BCUT2D eigenvalue weighted by molar-refractivity contribution is -0.149. The Balaban J connectivity index is 1.70. The number of rotatable bonds is 4. The van der Waals surface area contributed by atoms with Gasteiger partial charge in [0.25, 0.3) is 0 Å². The average molecular weight is 253 g/mol. The molecule has 1 saturated carbocycles. The number of piperidine rings is 1. The number of hydrogen-bond acceptors (Lipinski definition) is 3. The van der Waals surface area contributed by atoms with Crippen molar-refractivity contribution in [3.63, 3.8) is 0 Å². The van der Waals surface area contributed by atoms with Gasteiger partial charge in [-0.25, -0.2) is 0 Å². The molecule has 1 N–H and O–H groups in total. The highest BCUT2D eigenvalue weighted by atomic mass is 16.5. The van der Waals surface area contributed by atoms with Crippen LogP contribution in [0.1, 0.15) is 58.3 Å². The summed E-state index contributed by atoms with van der Waals surface area (Å²) in [5.41, 5.74) is 0. The SMILES string of the molecule is CCC1CCNC(C(=O)OCC2CCCCC2)C1. The van der Waals surface area contributed by atoms with Crippen LogP contribution in [0, 0.1) is 11.8 Å². The standard InChI is InChI=1S/C15H27NO2/c1-2-12-8-9-16-14(10-12)15(17)18-11-13-6-4-3-5-7-13/h12-14,16H,2-11H2,1H3. The van der Waals surface area contributed by atoms with E-state index in [0.29, 0.717) is 18.4 Å². The van der Waals surface area contributed by atoms with Gasteiger partial charge in [-0.1, -0.05) is 32.6 Å². The summed E-state index contributed by atoms with van der Waals surface area (Å²) >= 11 is 0. The molecule has 2 atom stereocenters. The Hall–Kier alpha value is -0.570. The van der Waals surface area contributed by atoms with E-state index in [2.05, 4.69) is 12.2 Å². The van der Waals surface area contributed by atoms with Crippen LogP contribution in [0.25, 0.3) is 0 Å². The maximum absolute atomic E-state index is 12.0. The van der Waals surface area contributed by atoms with E-state index in [-0.39, 0.29) is 12.0 Å². The molecule has 0 radical (unpaired) electrons. The van der Waals surface area contributed by atoms with E-state index in [4.69, 9.17) is 4.74 Å². The molecule has 0 bridgehead atoms. The van der Waals surface area contributed by atoms with E-state index in [1.54, 1.807) is 0 Å². The zero-order chi connectivity index (χ0) is 12.8. The van der Waals surface area contributed by atoms with Gasteiger partial charge in [0.2, 0.25) is 0 Å². The molecule has 104 valence electrons. The number of ether oxygens (including phenoxy) is 1. The summed E-state index contributed by atoms with van der Waals surface area (Å²) in [4.78, 5) is 12.0. The predicted octanol–water partition coefficient (Wildman–Crippen LogP) is 2.89. The van der Waals surface area contributed by atoms with Gasteiger partial charge in [0, 0.05) is 0 Å². The van der Waals surface area contributed by atoms with Crippen LogP contribution in [-0.2, 0) is 9.53 Å². The maximum Gasteiger partial charge on any atom is 0.323 e.